The topological polar surface area (TPSA) is 73.6 Å². The van der Waals surface area contributed by atoms with E-state index in [0.717, 1.165) is 38.4 Å². The number of hydrogen-bond acceptors (Lipinski definition) is 4. The van der Waals surface area contributed by atoms with Crippen molar-refractivity contribution in [1.29, 1.82) is 0 Å². The van der Waals surface area contributed by atoms with E-state index in [0.29, 0.717) is 6.54 Å². The van der Waals surface area contributed by atoms with E-state index >= 15 is 0 Å². The number of amides is 1. The predicted octanol–water partition coefficient (Wildman–Crippen LogP) is 3.91. The maximum absolute atomic E-state index is 11.9. The summed E-state index contributed by atoms with van der Waals surface area (Å²) in [4.78, 5) is 11.9. The summed E-state index contributed by atoms with van der Waals surface area (Å²) in [5.74, 6) is 0.0305. The number of carbonyl (C=O) groups is 1. The number of nitrogens with one attached hydrogen (secondary N) is 1. The lowest BCUT2D eigenvalue weighted by molar-refractivity contribution is -0.122. The van der Waals surface area contributed by atoms with Gasteiger partial charge in [0.15, 0.2) is 0 Å². The van der Waals surface area contributed by atoms with Gasteiger partial charge in [0, 0.05) is 12.5 Å². The van der Waals surface area contributed by atoms with Gasteiger partial charge in [-0.2, -0.15) is 0 Å². The smallest absolute Gasteiger partial charge is 0.403 e. The summed E-state index contributed by atoms with van der Waals surface area (Å²) in [7, 11) is -0.145. The lowest BCUT2D eigenvalue weighted by Crippen LogP contribution is -2.56. The normalized spacial score (nSPS) is 21.5. The van der Waals surface area contributed by atoms with Crippen LogP contribution in [0, 0.1) is 5.41 Å². The third-order valence-corrected chi connectivity index (χ3v) is 6.25. The molecule has 1 saturated heterocycles. The first-order valence-electron chi connectivity index (χ1n) is 10.1. The second-order valence-electron chi connectivity index (χ2n) is 9.84. The molecule has 0 aromatic carbocycles. The maximum atomic E-state index is 11.9. The fourth-order valence-electron chi connectivity index (χ4n) is 3.75. The molecule has 1 rings (SSSR count). The van der Waals surface area contributed by atoms with Crippen molar-refractivity contribution in [2.75, 3.05) is 6.54 Å². The zero-order chi connectivity index (χ0) is 20.2. The average Bonchev–Trinajstić information content (AvgIpc) is 2.66. The molecule has 0 radical (unpaired) electrons. The molecule has 26 heavy (non-hydrogen) atoms. The van der Waals surface area contributed by atoms with Crippen LogP contribution in [0.1, 0.15) is 87.5 Å². The largest absolute Gasteiger partial charge is 0.457 e. The Balaban J connectivity index is 2.65. The van der Waals surface area contributed by atoms with E-state index in [9.17, 15) is 4.79 Å². The first kappa shape index (κ1) is 23.5. The Morgan fingerprint density at radius 3 is 1.92 bits per heavy atom. The highest BCUT2D eigenvalue weighted by Crippen LogP contribution is 2.40. The van der Waals surface area contributed by atoms with Gasteiger partial charge in [0.05, 0.1) is 11.2 Å². The summed E-state index contributed by atoms with van der Waals surface area (Å²) < 4.78 is 12.2. The van der Waals surface area contributed by atoms with Gasteiger partial charge in [0.1, 0.15) is 0 Å². The molecule has 0 saturated carbocycles. The summed E-state index contributed by atoms with van der Waals surface area (Å²) in [6.45, 7) is 17.2. The number of unbranched alkanes of at least 4 members (excludes halogenated alkanes) is 1. The summed E-state index contributed by atoms with van der Waals surface area (Å²) in [6, 6.07) is 0. The molecule has 0 aromatic rings. The van der Waals surface area contributed by atoms with Gasteiger partial charge in [0.25, 0.3) is 0 Å². The molecular formula is C20H41BN2O3. The Kier molecular flexibility index (Phi) is 7.77. The van der Waals surface area contributed by atoms with E-state index in [4.69, 9.17) is 15.0 Å². The molecule has 1 unspecified atom stereocenters. The van der Waals surface area contributed by atoms with Crippen LogP contribution in [0.4, 0.5) is 0 Å². The quantitative estimate of drug-likeness (QED) is 0.478. The predicted molar refractivity (Wildman–Crippen MR) is 109 cm³/mol. The third-order valence-electron chi connectivity index (χ3n) is 6.25. The second-order valence-corrected chi connectivity index (χ2v) is 9.84. The molecule has 1 fully saturated rings. The number of rotatable bonds is 9. The van der Waals surface area contributed by atoms with E-state index < -0.39 is 0 Å². The van der Waals surface area contributed by atoms with Crippen molar-refractivity contribution < 1.29 is 14.1 Å². The van der Waals surface area contributed by atoms with Crippen LogP contribution in [-0.4, -0.2) is 36.3 Å². The van der Waals surface area contributed by atoms with Crippen LogP contribution < -0.4 is 11.1 Å². The van der Waals surface area contributed by atoms with E-state index in [1.165, 1.54) is 0 Å². The molecule has 1 amide bonds. The Hall–Kier alpha value is -0.585. The third kappa shape index (κ3) is 5.70. The lowest BCUT2D eigenvalue weighted by Gasteiger charge is -2.46. The summed E-state index contributed by atoms with van der Waals surface area (Å²) in [5.41, 5.74) is 4.95. The Labute approximate surface area is 161 Å². The summed E-state index contributed by atoms with van der Waals surface area (Å²) >= 11 is 0. The Morgan fingerprint density at radius 2 is 1.50 bits per heavy atom. The van der Waals surface area contributed by atoms with Crippen molar-refractivity contribution in [2.45, 2.75) is 111 Å². The zero-order valence-electron chi connectivity index (χ0n) is 18.3. The lowest BCUT2D eigenvalue weighted by atomic mass is 9.67. The van der Waals surface area contributed by atoms with Crippen LogP contribution >= 0.6 is 0 Å². The SMILES string of the molecule is CC(=O)NC(CCCN)(CCCCB1OC(C)(C)C(C)(C)O1)C(C)(C)C. The van der Waals surface area contributed by atoms with Crippen molar-refractivity contribution in [1.82, 2.24) is 5.32 Å². The fourth-order valence-corrected chi connectivity index (χ4v) is 3.75. The molecule has 1 heterocycles. The minimum atomic E-state index is -0.274. The van der Waals surface area contributed by atoms with Crippen molar-refractivity contribution in [3.63, 3.8) is 0 Å². The molecule has 0 spiro atoms. The Bertz CT molecular complexity index is 458. The molecule has 1 atom stereocenters. The maximum Gasteiger partial charge on any atom is 0.457 e. The van der Waals surface area contributed by atoms with Gasteiger partial charge >= 0.3 is 7.12 Å². The summed E-state index contributed by atoms with van der Waals surface area (Å²) in [6.07, 6.45) is 5.67. The fraction of sp³-hybridized carbons (Fsp3) is 0.950. The number of carbonyl (C=O) groups excluding carboxylic acids is 1. The van der Waals surface area contributed by atoms with Crippen LogP contribution in [0.5, 0.6) is 0 Å². The molecule has 5 nitrogen and oxygen atoms in total. The average molecular weight is 368 g/mol. The van der Waals surface area contributed by atoms with Crippen molar-refractivity contribution in [2.24, 2.45) is 11.1 Å². The van der Waals surface area contributed by atoms with Gasteiger partial charge in [0.2, 0.25) is 5.91 Å². The van der Waals surface area contributed by atoms with Gasteiger partial charge in [-0.25, -0.2) is 0 Å². The zero-order valence-corrected chi connectivity index (χ0v) is 18.3. The van der Waals surface area contributed by atoms with E-state index in [2.05, 4.69) is 53.8 Å². The molecule has 152 valence electrons. The second kappa shape index (κ2) is 8.62. The molecule has 0 aliphatic carbocycles. The highest BCUT2D eigenvalue weighted by molar-refractivity contribution is 6.45. The van der Waals surface area contributed by atoms with Crippen LogP contribution in [0.3, 0.4) is 0 Å². The molecule has 6 heteroatoms. The molecule has 0 bridgehead atoms. The van der Waals surface area contributed by atoms with Gasteiger partial charge in [-0.1, -0.05) is 33.6 Å². The summed E-state index contributed by atoms with van der Waals surface area (Å²) in [5, 5.41) is 3.27. The van der Waals surface area contributed by atoms with Crippen LogP contribution in [0.25, 0.3) is 0 Å². The highest BCUT2D eigenvalue weighted by atomic mass is 16.7. The number of hydrogen-bond donors (Lipinski definition) is 2. The Morgan fingerprint density at radius 1 is 1.00 bits per heavy atom. The van der Waals surface area contributed by atoms with Gasteiger partial charge in [-0.3, -0.25) is 4.79 Å². The molecular weight excluding hydrogens is 327 g/mol. The van der Waals surface area contributed by atoms with Gasteiger partial charge < -0.3 is 20.4 Å². The van der Waals surface area contributed by atoms with Crippen molar-refractivity contribution >= 4 is 13.0 Å². The van der Waals surface area contributed by atoms with E-state index in [1.54, 1.807) is 6.92 Å². The van der Waals surface area contributed by atoms with Gasteiger partial charge in [-0.05, 0) is 65.2 Å². The molecule has 1 aliphatic rings. The van der Waals surface area contributed by atoms with Crippen molar-refractivity contribution in [3.8, 4) is 0 Å². The molecule has 3 N–H and O–H groups in total. The molecule has 1 aliphatic heterocycles. The van der Waals surface area contributed by atoms with Crippen molar-refractivity contribution in [3.05, 3.63) is 0 Å². The van der Waals surface area contributed by atoms with Gasteiger partial charge in [-0.15, -0.1) is 0 Å². The van der Waals surface area contributed by atoms with E-state index in [-0.39, 0.29) is 35.2 Å². The van der Waals surface area contributed by atoms with Crippen LogP contribution in [0.15, 0.2) is 0 Å². The minimum Gasteiger partial charge on any atom is -0.403 e. The monoisotopic (exact) mass is 368 g/mol. The first-order valence-corrected chi connectivity index (χ1v) is 10.1. The highest BCUT2D eigenvalue weighted by Gasteiger charge is 2.50. The molecule has 0 aromatic heterocycles. The first-order chi connectivity index (χ1) is 11.8. The standard InChI is InChI=1S/C20H41BN2O3/c1-16(24)23-20(13-11-15-22,17(2,3)4)12-9-10-14-21-25-18(5,6)19(7,8)26-21/h9-15,22H2,1-8H3,(H,23,24). The number of nitrogens with two attached hydrogens (primary N) is 1. The minimum absolute atomic E-state index is 0.0296. The van der Waals surface area contributed by atoms with Crippen LogP contribution in [0.2, 0.25) is 6.32 Å². The van der Waals surface area contributed by atoms with E-state index in [1.807, 2.05) is 0 Å². The van der Waals surface area contributed by atoms with Crippen LogP contribution in [-0.2, 0) is 14.1 Å².